The predicted molar refractivity (Wildman–Crippen MR) is 89.1 cm³/mol. The summed E-state index contributed by atoms with van der Waals surface area (Å²) in [6, 6.07) is 25.5. The summed E-state index contributed by atoms with van der Waals surface area (Å²) in [6.45, 7) is 0. The van der Waals surface area contributed by atoms with E-state index in [0.717, 1.165) is 27.3 Å². The second-order valence-corrected chi connectivity index (χ2v) is 7.80. The largest absolute Gasteiger partial charge is 0.354 e. The molecule has 102 valence electrons. The van der Waals surface area contributed by atoms with Gasteiger partial charge in [0.25, 0.3) is 0 Å². The van der Waals surface area contributed by atoms with Gasteiger partial charge in [0.05, 0.1) is 0 Å². The van der Waals surface area contributed by atoms with E-state index < -0.39 is 7.14 Å². The first-order valence-electron chi connectivity index (χ1n) is 6.92. The number of para-hydroxylation sites is 2. The van der Waals surface area contributed by atoms with E-state index >= 15 is 0 Å². The van der Waals surface area contributed by atoms with Gasteiger partial charge in [-0.2, -0.15) is 0 Å². The van der Waals surface area contributed by atoms with E-state index in [9.17, 15) is 4.57 Å². The average Bonchev–Trinajstić information content (AvgIpc) is 2.56. The van der Waals surface area contributed by atoms with Crippen molar-refractivity contribution in [2.45, 2.75) is 0 Å². The number of hydrogen-bond donors (Lipinski definition) is 1. The maximum absolute atomic E-state index is 14.0. The highest BCUT2D eigenvalue weighted by atomic mass is 31.2. The van der Waals surface area contributed by atoms with Gasteiger partial charge in [0.1, 0.15) is 0 Å². The summed E-state index contributed by atoms with van der Waals surface area (Å²) < 4.78 is 14.0. The zero-order valence-corrected chi connectivity index (χ0v) is 12.3. The van der Waals surface area contributed by atoms with Crippen LogP contribution in [0, 0.1) is 0 Å². The van der Waals surface area contributed by atoms with E-state index in [1.807, 2.05) is 78.9 Å². The Morgan fingerprint density at radius 1 is 0.619 bits per heavy atom. The Hall–Kier alpha value is -2.31. The van der Waals surface area contributed by atoms with Crippen LogP contribution in [0.5, 0.6) is 0 Å². The maximum atomic E-state index is 14.0. The van der Waals surface area contributed by atoms with E-state index in [1.54, 1.807) is 0 Å². The molecule has 0 bridgehead atoms. The fourth-order valence-electron chi connectivity index (χ4n) is 2.90. The highest BCUT2D eigenvalue weighted by Crippen LogP contribution is 2.49. The molecule has 0 amide bonds. The molecule has 0 aliphatic carbocycles. The number of benzene rings is 3. The first-order chi connectivity index (χ1) is 10.3. The summed E-state index contributed by atoms with van der Waals surface area (Å²) in [4.78, 5) is 0. The van der Waals surface area contributed by atoms with Gasteiger partial charge in [0.2, 0.25) is 0 Å². The third-order valence-corrected chi connectivity index (χ3v) is 7.04. The second-order valence-electron chi connectivity index (χ2n) is 5.10. The van der Waals surface area contributed by atoms with Gasteiger partial charge in [0.15, 0.2) is 7.14 Å². The summed E-state index contributed by atoms with van der Waals surface area (Å²) >= 11 is 0. The van der Waals surface area contributed by atoms with Crippen molar-refractivity contribution >= 4 is 34.4 Å². The summed E-state index contributed by atoms with van der Waals surface area (Å²) in [5, 5.41) is 6.04. The van der Waals surface area contributed by atoms with Crippen LogP contribution in [-0.2, 0) is 4.57 Å². The van der Waals surface area contributed by atoms with Crippen LogP contribution in [-0.4, -0.2) is 0 Å². The van der Waals surface area contributed by atoms with Crippen LogP contribution in [0.15, 0.2) is 78.9 Å². The van der Waals surface area contributed by atoms with Gasteiger partial charge in [0, 0.05) is 27.3 Å². The van der Waals surface area contributed by atoms with E-state index in [0.29, 0.717) is 0 Å². The summed E-state index contributed by atoms with van der Waals surface area (Å²) in [5.74, 6) is 0. The van der Waals surface area contributed by atoms with Gasteiger partial charge in [-0.1, -0.05) is 54.6 Å². The molecule has 0 saturated carbocycles. The molecule has 1 aliphatic rings. The van der Waals surface area contributed by atoms with Crippen molar-refractivity contribution in [3.8, 4) is 0 Å². The van der Waals surface area contributed by atoms with E-state index in [2.05, 4.69) is 5.32 Å². The lowest BCUT2D eigenvalue weighted by molar-refractivity contribution is 0.592. The van der Waals surface area contributed by atoms with Gasteiger partial charge in [-0.25, -0.2) is 0 Å². The highest BCUT2D eigenvalue weighted by Gasteiger charge is 2.36. The van der Waals surface area contributed by atoms with Crippen LogP contribution in [0.2, 0.25) is 0 Å². The molecule has 1 heterocycles. The Bertz CT molecular complexity index is 808. The standard InChI is InChI=1S/C18H14NOP/c20-21(14-8-2-1-3-9-14)17-12-6-4-10-15(17)19-16-11-5-7-13-18(16)21/h1-13,19H. The lowest BCUT2D eigenvalue weighted by Gasteiger charge is -2.29. The Morgan fingerprint density at radius 3 is 1.67 bits per heavy atom. The fourth-order valence-corrected chi connectivity index (χ4v) is 5.84. The minimum atomic E-state index is -2.81. The van der Waals surface area contributed by atoms with Crippen molar-refractivity contribution in [3.63, 3.8) is 0 Å². The van der Waals surface area contributed by atoms with E-state index in [1.165, 1.54) is 0 Å². The molecule has 0 atom stereocenters. The van der Waals surface area contributed by atoms with Crippen molar-refractivity contribution in [2.75, 3.05) is 5.32 Å². The summed E-state index contributed by atoms with van der Waals surface area (Å²) in [5.41, 5.74) is 1.87. The smallest absolute Gasteiger partial charge is 0.175 e. The van der Waals surface area contributed by atoms with Gasteiger partial charge in [-0.15, -0.1) is 0 Å². The lowest BCUT2D eigenvalue weighted by Crippen LogP contribution is -2.32. The molecule has 21 heavy (non-hydrogen) atoms. The molecule has 3 heteroatoms. The van der Waals surface area contributed by atoms with E-state index in [4.69, 9.17) is 0 Å². The molecule has 2 nitrogen and oxygen atoms in total. The molecule has 1 N–H and O–H groups in total. The quantitative estimate of drug-likeness (QED) is 0.545. The van der Waals surface area contributed by atoms with Crippen LogP contribution in [0.3, 0.4) is 0 Å². The van der Waals surface area contributed by atoms with Gasteiger partial charge < -0.3 is 9.88 Å². The van der Waals surface area contributed by atoms with Crippen molar-refractivity contribution in [3.05, 3.63) is 78.9 Å². The molecule has 0 fully saturated rings. The molecular weight excluding hydrogens is 277 g/mol. The topological polar surface area (TPSA) is 29.1 Å². The minimum Gasteiger partial charge on any atom is -0.354 e. The number of fused-ring (bicyclic) bond motifs is 2. The number of hydrogen-bond acceptors (Lipinski definition) is 2. The van der Waals surface area contributed by atoms with Crippen LogP contribution in [0.1, 0.15) is 0 Å². The average molecular weight is 291 g/mol. The molecule has 3 aromatic carbocycles. The number of rotatable bonds is 1. The Balaban J connectivity index is 2.09. The molecule has 4 rings (SSSR count). The summed E-state index contributed by atoms with van der Waals surface area (Å²) in [6.07, 6.45) is 0. The first kappa shape index (κ1) is 12.4. The van der Waals surface area contributed by atoms with Gasteiger partial charge >= 0.3 is 0 Å². The number of nitrogens with one attached hydrogen (secondary N) is 1. The Kier molecular flexibility index (Phi) is 2.73. The molecule has 0 aromatic heterocycles. The van der Waals surface area contributed by atoms with Crippen molar-refractivity contribution in [1.82, 2.24) is 0 Å². The third-order valence-electron chi connectivity index (χ3n) is 3.88. The van der Waals surface area contributed by atoms with Crippen molar-refractivity contribution < 1.29 is 4.57 Å². The highest BCUT2D eigenvalue weighted by molar-refractivity contribution is 7.86. The lowest BCUT2D eigenvalue weighted by atomic mass is 10.2. The van der Waals surface area contributed by atoms with Gasteiger partial charge in [-0.3, -0.25) is 0 Å². The minimum absolute atomic E-state index is 0.881. The molecule has 0 unspecified atom stereocenters. The van der Waals surface area contributed by atoms with Crippen LogP contribution >= 0.6 is 7.14 Å². The normalized spacial score (nSPS) is 14.7. The SMILES string of the molecule is O=P1(c2ccccc2)c2ccccc2Nc2ccccc21. The second kappa shape index (κ2) is 4.61. The van der Waals surface area contributed by atoms with E-state index in [-0.39, 0.29) is 0 Å². The molecule has 0 spiro atoms. The van der Waals surface area contributed by atoms with Crippen molar-refractivity contribution in [2.24, 2.45) is 0 Å². The monoisotopic (exact) mass is 291 g/mol. The van der Waals surface area contributed by atoms with Crippen LogP contribution in [0.4, 0.5) is 11.4 Å². The Morgan fingerprint density at radius 2 is 1.10 bits per heavy atom. The van der Waals surface area contributed by atoms with Crippen molar-refractivity contribution in [1.29, 1.82) is 0 Å². The Labute approximate surface area is 123 Å². The molecule has 0 radical (unpaired) electrons. The first-order valence-corrected chi connectivity index (χ1v) is 8.63. The van der Waals surface area contributed by atoms with Crippen LogP contribution < -0.4 is 21.2 Å². The zero-order chi connectivity index (χ0) is 14.3. The maximum Gasteiger partial charge on any atom is 0.175 e. The zero-order valence-electron chi connectivity index (χ0n) is 11.4. The van der Waals surface area contributed by atoms with Gasteiger partial charge in [-0.05, 0) is 24.3 Å². The molecule has 3 aromatic rings. The number of anilines is 2. The molecule has 0 saturated heterocycles. The van der Waals surface area contributed by atoms with Crippen LogP contribution in [0.25, 0.3) is 0 Å². The predicted octanol–water partition coefficient (Wildman–Crippen LogP) is 3.38. The summed E-state index contributed by atoms with van der Waals surface area (Å²) in [7, 11) is -2.81. The molecular formula is C18H14NOP. The third kappa shape index (κ3) is 1.76. The molecule has 1 aliphatic heterocycles. The fraction of sp³-hybridized carbons (Fsp3) is 0.